The van der Waals surface area contributed by atoms with Crippen molar-refractivity contribution >= 4 is 15.9 Å². The minimum absolute atomic E-state index is 0.137. The molecule has 0 bridgehead atoms. The first-order valence-corrected chi connectivity index (χ1v) is 5.97. The van der Waals surface area contributed by atoms with Gasteiger partial charge in [0, 0.05) is 10.0 Å². The van der Waals surface area contributed by atoms with Gasteiger partial charge >= 0.3 is 0 Å². The van der Waals surface area contributed by atoms with E-state index in [2.05, 4.69) is 15.9 Å². The van der Waals surface area contributed by atoms with E-state index in [0.717, 1.165) is 24.3 Å². The monoisotopic (exact) mass is 334 g/mol. The topological polar surface area (TPSA) is 20.2 Å². The molecule has 0 aromatic heterocycles. The standard InChI is InChI=1S/C13H7BrF4O/c14-6-3-10(17)12(11(18)4-6)13(19)8-5-7(15)1-2-9(8)16/h1-5,13,19H. The third-order valence-electron chi connectivity index (χ3n) is 2.57. The fourth-order valence-corrected chi connectivity index (χ4v) is 2.10. The first-order chi connectivity index (χ1) is 8.90. The van der Waals surface area contributed by atoms with Gasteiger partial charge in [0.15, 0.2) is 0 Å². The molecular formula is C13H7BrF4O. The molecule has 0 aliphatic rings. The van der Waals surface area contributed by atoms with E-state index >= 15 is 0 Å². The highest BCUT2D eigenvalue weighted by Gasteiger charge is 2.23. The molecule has 0 fully saturated rings. The van der Waals surface area contributed by atoms with Crippen LogP contribution in [0.5, 0.6) is 0 Å². The summed E-state index contributed by atoms with van der Waals surface area (Å²) in [4.78, 5) is 0. The fraction of sp³-hybridized carbons (Fsp3) is 0.0769. The Morgan fingerprint density at radius 2 is 1.47 bits per heavy atom. The van der Waals surface area contributed by atoms with Crippen molar-refractivity contribution in [2.75, 3.05) is 0 Å². The van der Waals surface area contributed by atoms with Gasteiger partial charge in [-0.25, -0.2) is 17.6 Å². The van der Waals surface area contributed by atoms with Crippen molar-refractivity contribution in [3.63, 3.8) is 0 Å². The van der Waals surface area contributed by atoms with Crippen LogP contribution in [0.15, 0.2) is 34.8 Å². The van der Waals surface area contributed by atoms with Crippen molar-refractivity contribution in [1.82, 2.24) is 0 Å². The second kappa shape index (κ2) is 5.30. The van der Waals surface area contributed by atoms with E-state index in [-0.39, 0.29) is 4.47 Å². The Kier molecular flexibility index (Phi) is 3.91. The second-order valence-electron chi connectivity index (χ2n) is 3.85. The van der Waals surface area contributed by atoms with Gasteiger partial charge < -0.3 is 5.11 Å². The van der Waals surface area contributed by atoms with Crippen molar-refractivity contribution in [3.8, 4) is 0 Å². The van der Waals surface area contributed by atoms with Gasteiger partial charge in [-0.05, 0) is 30.3 Å². The minimum atomic E-state index is -1.93. The Balaban J connectivity index is 2.56. The SMILES string of the molecule is OC(c1cc(F)ccc1F)c1c(F)cc(Br)cc1F. The third kappa shape index (κ3) is 2.79. The first kappa shape index (κ1) is 14.0. The number of hydrogen-bond donors (Lipinski definition) is 1. The molecule has 0 saturated carbocycles. The molecule has 0 saturated heterocycles. The molecule has 0 radical (unpaired) electrons. The Bertz CT molecular complexity index is 607. The molecular weight excluding hydrogens is 328 g/mol. The summed E-state index contributed by atoms with van der Waals surface area (Å²) in [7, 11) is 0. The average Bonchev–Trinajstić information content (AvgIpc) is 2.30. The first-order valence-electron chi connectivity index (χ1n) is 5.17. The van der Waals surface area contributed by atoms with Gasteiger partial charge in [0.1, 0.15) is 29.4 Å². The van der Waals surface area contributed by atoms with Gasteiger partial charge in [-0.3, -0.25) is 0 Å². The van der Waals surface area contributed by atoms with Crippen molar-refractivity contribution in [2.45, 2.75) is 6.10 Å². The minimum Gasteiger partial charge on any atom is -0.383 e. The number of halogens is 5. The fourth-order valence-electron chi connectivity index (χ4n) is 1.69. The molecule has 1 nitrogen and oxygen atoms in total. The molecule has 2 aromatic carbocycles. The van der Waals surface area contributed by atoms with Crippen LogP contribution in [-0.2, 0) is 0 Å². The van der Waals surface area contributed by atoms with Crippen molar-refractivity contribution in [1.29, 1.82) is 0 Å². The van der Waals surface area contributed by atoms with Crippen molar-refractivity contribution in [2.24, 2.45) is 0 Å². The quantitative estimate of drug-likeness (QED) is 0.820. The number of aliphatic hydroxyl groups is 1. The average molecular weight is 335 g/mol. The largest absolute Gasteiger partial charge is 0.383 e. The molecule has 6 heteroatoms. The number of aliphatic hydroxyl groups excluding tert-OH is 1. The van der Waals surface area contributed by atoms with E-state index in [1.807, 2.05) is 0 Å². The highest BCUT2D eigenvalue weighted by atomic mass is 79.9. The highest BCUT2D eigenvalue weighted by Crippen LogP contribution is 2.30. The summed E-state index contributed by atoms with van der Waals surface area (Å²) < 4.78 is 53.9. The Morgan fingerprint density at radius 1 is 0.895 bits per heavy atom. The maximum atomic E-state index is 13.6. The molecule has 0 aliphatic heterocycles. The van der Waals surface area contributed by atoms with Gasteiger partial charge in [0.2, 0.25) is 0 Å². The van der Waals surface area contributed by atoms with E-state index < -0.39 is 40.5 Å². The third-order valence-corrected chi connectivity index (χ3v) is 3.03. The van der Waals surface area contributed by atoms with Crippen LogP contribution < -0.4 is 0 Å². The lowest BCUT2D eigenvalue weighted by molar-refractivity contribution is 0.203. The zero-order valence-corrected chi connectivity index (χ0v) is 10.9. The summed E-state index contributed by atoms with van der Waals surface area (Å²) in [6, 6.07) is 4.18. The van der Waals surface area contributed by atoms with E-state index in [4.69, 9.17) is 0 Å². The van der Waals surface area contributed by atoms with Crippen LogP contribution in [0.25, 0.3) is 0 Å². The number of rotatable bonds is 2. The van der Waals surface area contributed by atoms with E-state index in [1.165, 1.54) is 0 Å². The van der Waals surface area contributed by atoms with Crippen LogP contribution in [-0.4, -0.2) is 5.11 Å². The molecule has 0 aliphatic carbocycles. The van der Waals surface area contributed by atoms with E-state index in [9.17, 15) is 22.7 Å². The normalized spacial score (nSPS) is 12.5. The van der Waals surface area contributed by atoms with E-state index in [1.54, 1.807) is 0 Å². The molecule has 1 atom stereocenters. The lowest BCUT2D eigenvalue weighted by Crippen LogP contribution is -2.08. The maximum absolute atomic E-state index is 13.6. The summed E-state index contributed by atoms with van der Waals surface area (Å²) in [6.07, 6.45) is -1.93. The van der Waals surface area contributed by atoms with Crippen LogP contribution in [0.4, 0.5) is 17.6 Å². The molecule has 2 aromatic rings. The summed E-state index contributed by atoms with van der Waals surface area (Å²) in [6.45, 7) is 0. The van der Waals surface area contributed by atoms with Crippen LogP contribution >= 0.6 is 15.9 Å². The second-order valence-corrected chi connectivity index (χ2v) is 4.77. The molecule has 2 rings (SSSR count). The maximum Gasteiger partial charge on any atom is 0.133 e. The number of benzene rings is 2. The van der Waals surface area contributed by atoms with Gasteiger partial charge in [-0.15, -0.1) is 0 Å². The van der Waals surface area contributed by atoms with Gasteiger partial charge in [-0.1, -0.05) is 15.9 Å². The van der Waals surface area contributed by atoms with Crippen molar-refractivity contribution in [3.05, 3.63) is 69.2 Å². The van der Waals surface area contributed by atoms with Crippen LogP contribution in [0.2, 0.25) is 0 Å². The summed E-state index contributed by atoms with van der Waals surface area (Å²) in [5.41, 5.74) is -1.26. The van der Waals surface area contributed by atoms with Crippen LogP contribution in [0, 0.1) is 23.3 Å². The molecule has 19 heavy (non-hydrogen) atoms. The Hall–Kier alpha value is -1.40. The smallest absolute Gasteiger partial charge is 0.133 e. The summed E-state index contributed by atoms with van der Waals surface area (Å²) in [5.74, 6) is -3.87. The van der Waals surface area contributed by atoms with Gasteiger partial charge in [0.25, 0.3) is 0 Å². The molecule has 0 spiro atoms. The lowest BCUT2D eigenvalue weighted by atomic mass is 10.00. The zero-order valence-electron chi connectivity index (χ0n) is 9.30. The van der Waals surface area contributed by atoms with Crippen LogP contribution in [0.1, 0.15) is 17.2 Å². The Morgan fingerprint density at radius 3 is 2.05 bits per heavy atom. The lowest BCUT2D eigenvalue weighted by Gasteiger charge is -2.14. The van der Waals surface area contributed by atoms with Crippen LogP contribution in [0.3, 0.4) is 0 Å². The van der Waals surface area contributed by atoms with Gasteiger partial charge in [-0.2, -0.15) is 0 Å². The predicted octanol–water partition coefficient (Wildman–Crippen LogP) is 4.09. The highest BCUT2D eigenvalue weighted by molar-refractivity contribution is 9.10. The van der Waals surface area contributed by atoms with E-state index in [0.29, 0.717) is 6.07 Å². The molecule has 0 heterocycles. The molecule has 100 valence electrons. The Labute approximate surface area is 114 Å². The molecule has 1 unspecified atom stereocenters. The number of hydrogen-bond acceptors (Lipinski definition) is 1. The summed E-state index contributed by atoms with van der Waals surface area (Å²) >= 11 is 2.88. The zero-order chi connectivity index (χ0) is 14.2. The summed E-state index contributed by atoms with van der Waals surface area (Å²) in [5, 5.41) is 9.85. The molecule has 0 amide bonds. The van der Waals surface area contributed by atoms with Gasteiger partial charge in [0.05, 0.1) is 5.56 Å². The predicted molar refractivity (Wildman–Crippen MR) is 64.5 cm³/mol. The van der Waals surface area contributed by atoms with Crippen molar-refractivity contribution < 1.29 is 22.7 Å². The molecule has 1 N–H and O–H groups in total.